The van der Waals surface area contributed by atoms with Crippen LogP contribution in [-0.4, -0.2) is 35.5 Å². The Hall–Kier alpha value is -0.200. The van der Waals surface area contributed by atoms with Crippen LogP contribution in [0.1, 0.15) is 0 Å². The smallest absolute Gasteiger partial charge is 0.321 e. The fraction of sp³-hybridized carbons (Fsp3) is 0.444. The molecule has 2 amide bonds. The normalized spacial score (nSPS) is 16.5. The predicted octanol–water partition coefficient (Wildman–Crippen LogP) is 3.09. The van der Waals surface area contributed by atoms with Crippen LogP contribution in [0.3, 0.4) is 0 Å². The van der Waals surface area contributed by atoms with Gasteiger partial charge in [-0.15, -0.1) is 11.3 Å². The summed E-state index contributed by atoms with van der Waals surface area (Å²) in [4.78, 5) is 13.7. The van der Waals surface area contributed by atoms with Gasteiger partial charge in [0, 0.05) is 35.4 Å². The van der Waals surface area contributed by atoms with E-state index in [1.54, 1.807) is 11.3 Å². The first kappa shape index (κ1) is 11.3. The van der Waals surface area contributed by atoms with E-state index in [0.29, 0.717) is 0 Å². The fourth-order valence-corrected chi connectivity index (χ4v) is 3.56. The zero-order valence-electron chi connectivity index (χ0n) is 8.03. The largest absolute Gasteiger partial charge is 0.323 e. The molecule has 0 aliphatic carbocycles. The average molecular weight is 307 g/mol. The number of nitrogens with zero attached hydrogens (tertiary/aromatic N) is 1. The lowest BCUT2D eigenvalue weighted by atomic mass is 10.5. The lowest BCUT2D eigenvalue weighted by Crippen LogP contribution is -2.40. The molecule has 1 N–H and O–H groups in total. The van der Waals surface area contributed by atoms with Gasteiger partial charge in [-0.1, -0.05) is 0 Å². The second-order valence-electron chi connectivity index (χ2n) is 3.16. The van der Waals surface area contributed by atoms with E-state index in [9.17, 15) is 4.79 Å². The number of amides is 2. The topological polar surface area (TPSA) is 32.3 Å². The Morgan fingerprint density at radius 3 is 2.73 bits per heavy atom. The summed E-state index contributed by atoms with van der Waals surface area (Å²) in [5, 5.41) is 6.79. The Labute approximate surface area is 105 Å². The number of anilines is 1. The van der Waals surface area contributed by atoms with Crippen LogP contribution in [0.2, 0.25) is 0 Å². The van der Waals surface area contributed by atoms with Gasteiger partial charge in [0.1, 0.15) is 0 Å². The van der Waals surface area contributed by atoms with Crippen LogP contribution in [0, 0.1) is 0 Å². The van der Waals surface area contributed by atoms with Gasteiger partial charge in [-0.25, -0.2) is 4.79 Å². The molecule has 82 valence electrons. The predicted molar refractivity (Wildman–Crippen MR) is 69.9 cm³/mol. The molecule has 2 heterocycles. The van der Waals surface area contributed by atoms with Crippen LogP contribution in [0.4, 0.5) is 10.5 Å². The first-order valence-corrected chi connectivity index (χ1v) is 7.52. The van der Waals surface area contributed by atoms with E-state index in [1.807, 2.05) is 27.4 Å². The van der Waals surface area contributed by atoms with Crippen LogP contribution >= 0.6 is 39.0 Å². The Morgan fingerprint density at radius 1 is 1.40 bits per heavy atom. The molecular formula is C9H11BrN2OS2. The highest BCUT2D eigenvalue weighted by molar-refractivity contribution is 9.10. The number of hydrogen-bond acceptors (Lipinski definition) is 3. The van der Waals surface area contributed by atoms with Gasteiger partial charge in [-0.3, -0.25) is 0 Å². The minimum absolute atomic E-state index is 0.00870. The number of carbonyl (C=O) groups excluding carboxylic acids is 1. The van der Waals surface area contributed by atoms with Crippen LogP contribution in [0.15, 0.2) is 15.2 Å². The number of nitrogens with one attached hydrogen (secondary N) is 1. The molecule has 1 aliphatic heterocycles. The molecule has 1 aromatic heterocycles. The van der Waals surface area contributed by atoms with Crippen molar-refractivity contribution in [2.24, 2.45) is 0 Å². The van der Waals surface area contributed by atoms with Crippen molar-refractivity contribution in [1.29, 1.82) is 0 Å². The molecule has 0 aromatic carbocycles. The molecule has 0 atom stereocenters. The number of thioether (sulfide) groups is 1. The lowest BCUT2D eigenvalue weighted by Gasteiger charge is -2.26. The summed E-state index contributed by atoms with van der Waals surface area (Å²) >= 11 is 6.86. The molecule has 0 saturated carbocycles. The number of halogens is 1. The molecule has 1 saturated heterocycles. The van der Waals surface area contributed by atoms with Gasteiger partial charge >= 0.3 is 6.03 Å². The third-order valence-corrected chi connectivity index (χ3v) is 4.80. The Bertz CT molecular complexity index is 350. The van der Waals surface area contributed by atoms with Crippen LogP contribution in [-0.2, 0) is 0 Å². The molecule has 3 nitrogen and oxygen atoms in total. The molecular weight excluding hydrogens is 296 g/mol. The van der Waals surface area contributed by atoms with E-state index in [-0.39, 0.29) is 6.03 Å². The average Bonchev–Trinajstić information content (AvgIpc) is 2.66. The summed E-state index contributed by atoms with van der Waals surface area (Å²) in [5.74, 6) is 2.08. The van der Waals surface area contributed by atoms with E-state index in [2.05, 4.69) is 21.2 Å². The van der Waals surface area contributed by atoms with Crippen molar-refractivity contribution in [3.05, 3.63) is 15.2 Å². The molecule has 1 aliphatic rings. The number of thiophene rings is 1. The van der Waals surface area contributed by atoms with Gasteiger partial charge < -0.3 is 10.2 Å². The summed E-state index contributed by atoms with van der Waals surface area (Å²) in [6, 6.07) is 0.00870. The lowest BCUT2D eigenvalue weighted by molar-refractivity contribution is 0.217. The highest BCUT2D eigenvalue weighted by atomic mass is 79.9. The van der Waals surface area contributed by atoms with Crippen molar-refractivity contribution in [2.75, 3.05) is 29.9 Å². The minimum atomic E-state index is 0.00870. The molecule has 1 aromatic rings. The van der Waals surface area contributed by atoms with Crippen molar-refractivity contribution >= 4 is 50.7 Å². The van der Waals surface area contributed by atoms with Crippen molar-refractivity contribution < 1.29 is 4.79 Å². The second kappa shape index (κ2) is 5.23. The molecule has 0 unspecified atom stereocenters. The second-order valence-corrected chi connectivity index (χ2v) is 5.99. The van der Waals surface area contributed by atoms with Gasteiger partial charge in [-0.2, -0.15) is 11.8 Å². The summed E-state index contributed by atoms with van der Waals surface area (Å²) in [5.41, 5.74) is 0.864. The first-order chi connectivity index (χ1) is 7.27. The third-order valence-electron chi connectivity index (χ3n) is 2.15. The van der Waals surface area contributed by atoms with Crippen molar-refractivity contribution in [3.63, 3.8) is 0 Å². The van der Waals surface area contributed by atoms with E-state index >= 15 is 0 Å². The highest BCUT2D eigenvalue weighted by Crippen LogP contribution is 2.26. The molecule has 6 heteroatoms. The summed E-state index contributed by atoms with van der Waals surface area (Å²) in [7, 11) is 0. The van der Waals surface area contributed by atoms with Crippen LogP contribution in [0.25, 0.3) is 0 Å². The molecule has 0 radical (unpaired) electrons. The standard InChI is InChI=1S/C9H11BrN2OS2/c10-7-5-15-6-8(7)11-9(13)12-1-3-14-4-2-12/h5-6H,1-4H2,(H,11,13). The van der Waals surface area contributed by atoms with E-state index in [1.165, 1.54) is 0 Å². The van der Waals surface area contributed by atoms with Crippen molar-refractivity contribution in [2.45, 2.75) is 0 Å². The van der Waals surface area contributed by atoms with Gasteiger partial charge in [0.15, 0.2) is 0 Å². The number of urea groups is 1. The number of carbonyl (C=O) groups is 1. The van der Waals surface area contributed by atoms with Crippen LogP contribution < -0.4 is 5.32 Å². The van der Waals surface area contributed by atoms with Gasteiger partial charge in [0.2, 0.25) is 0 Å². The maximum Gasteiger partial charge on any atom is 0.321 e. The highest BCUT2D eigenvalue weighted by Gasteiger charge is 2.17. The minimum Gasteiger partial charge on any atom is -0.323 e. The Balaban J connectivity index is 1.94. The Morgan fingerprint density at radius 2 is 2.13 bits per heavy atom. The zero-order valence-corrected chi connectivity index (χ0v) is 11.3. The van der Waals surface area contributed by atoms with Gasteiger partial charge in [0.25, 0.3) is 0 Å². The van der Waals surface area contributed by atoms with Crippen molar-refractivity contribution in [1.82, 2.24) is 4.90 Å². The first-order valence-electron chi connectivity index (χ1n) is 4.63. The maximum atomic E-state index is 11.8. The molecule has 0 spiro atoms. The van der Waals surface area contributed by atoms with E-state index in [0.717, 1.165) is 34.8 Å². The SMILES string of the molecule is O=C(Nc1cscc1Br)N1CCSCC1. The molecule has 15 heavy (non-hydrogen) atoms. The summed E-state index contributed by atoms with van der Waals surface area (Å²) in [6.07, 6.45) is 0. The fourth-order valence-electron chi connectivity index (χ4n) is 1.33. The monoisotopic (exact) mass is 306 g/mol. The molecule has 2 rings (SSSR count). The van der Waals surface area contributed by atoms with E-state index in [4.69, 9.17) is 0 Å². The summed E-state index contributed by atoms with van der Waals surface area (Å²) < 4.78 is 0.951. The Kier molecular flexibility index (Phi) is 3.93. The van der Waals surface area contributed by atoms with Gasteiger partial charge in [0.05, 0.1) is 10.2 Å². The number of hydrogen-bond donors (Lipinski definition) is 1. The summed E-state index contributed by atoms with van der Waals surface area (Å²) in [6.45, 7) is 1.69. The van der Waals surface area contributed by atoms with E-state index < -0.39 is 0 Å². The van der Waals surface area contributed by atoms with Crippen molar-refractivity contribution in [3.8, 4) is 0 Å². The van der Waals surface area contributed by atoms with Crippen LogP contribution in [0.5, 0.6) is 0 Å². The maximum absolute atomic E-state index is 11.8. The quantitative estimate of drug-likeness (QED) is 0.865. The molecule has 1 fully saturated rings. The third kappa shape index (κ3) is 2.89. The van der Waals surface area contributed by atoms with Gasteiger partial charge in [-0.05, 0) is 15.9 Å². The number of rotatable bonds is 1. The zero-order chi connectivity index (χ0) is 10.7. The molecule has 0 bridgehead atoms.